The van der Waals surface area contributed by atoms with E-state index >= 15 is 0 Å². The molecule has 1 aromatic heterocycles. The number of rotatable bonds is 6. The second kappa shape index (κ2) is 8.67. The van der Waals surface area contributed by atoms with Crippen LogP contribution in [0.1, 0.15) is 53.0 Å². The predicted octanol–water partition coefficient (Wildman–Crippen LogP) is 5.44. The largest absolute Gasteiger partial charge is 0.478 e. The van der Waals surface area contributed by atoms with Crippen molar-refractivity contribution in [3.63, 3.8) is 0 Å². The molecule has 170 valence electrons. The van der Waals surface area contributed by atoms with Crippen LogP contribution in [0.5, 0.6) is 0 Å². The Morgan fingerprint density at radius 2 is 1.52 bits per heavy atom. The Balaban J connectivity index is 1.90. The van der Waals surface area contributed by atoms with Crippen LogP contribution in [0.4, 0.5) is 0 Å². The van der Waals surface area contributed by atoms with Gasteiger partial charge >= 0.3 is 5.97 Å². The standard InChI is InChI=1S/C25H22ClNO5S/c1-15(2)16-7-10-21(11-8-16)33(31,32)27-22-12-9-20(26)13-19(22)14-23(27)24(28)17-3-5-18(6-4-17)25(29)30/h3-15,24,28H,1-2H3,(H,29,30). The molecule has 4 rings (SSSR count). The molecule has 0 aliphatic rings. The van der Waals surface area contributed by atoms with E-state index in [9.17, 15) is 18.3 Å². The molecule has 0 aliphatic heterocycles. The molecule has 0 amide bonds. The second-order valence-corrected chi connectivity index (χ2v) is 10.3. The van der Waals surface area contributed by atoms with Gasteiger partial charge in [0.2, 0.25) is 0 Å². The van der Waals surface area contributed by atoms with E-state index in [0.29, 0.717) is 21.5 Å². The maximum absolute atomic E-state index is 13.7. The van der Waals surface area contributed by atoms with Crippen LogP contribution < -0.4 is 0 Å². The number of halogens is 1. The SMILES string of the molecule is CC(C)c1ccc(S(=O)(=O)n2c(C(O)c3ccc(C(=O)O)cc3)cc3cc(Cl)ccc32)cc1. The number of aromatic carboxylic acids is 1. The highest BCUT2D eigenvalue weighted by atomic mass is 35.5. The Bertz CT molecular complexity index is 1440. The summed E-state index contributed by atoms with van der Waals surface area (Å²) >= 11 is 6.13. The number of carboxylic acid groups (broad SMARTS) is 1. The van der Waals surface area contributed by atoms with Crippen molar-refractivity contribution >= 4 is 38.5 Å². The first-order valence-electron chi connectivity index (χ1n) is 10.3. The Kier molecular flexibility index (Phi) is 6.05. The lowest BCUT2D eigenvalue weighted by Crippen LogP contribution is -2.18. The molecular weight excluding hydrogens is 462 g/mol. The molecule has 1 atom stereocenters. The number of carbonyl (C=O) groups is 1. The molecular formula is C25H22ClNO5S. The molecule has 6 nitrogen and oxygen atoms in total. The van der Waals surface area contributed by atoms with E-state index in [1.165, 1.54) is 24.3 Å². The lowest BCUT2D eigenvalue weighted by Gasteiger charge is -2.17. The van der Waals surface area contributed by atoms with Crippen molar-refractivity contribution in [2.45, 2.75) is 30.8 Å². The van der Waals surface area contributed by atoms with Crippen LogP contribution in [-0.2, 0) is 10.0 Å². The smallest absolute Gasteiger partial charge is 0.335 e. The van der Waals surface area contributed by atoms with Gasteiger partial charge in [0.25, 0.3) is 10.0 Å². The summed E-state index contributed by atoms with van der Waals surface area (Å²) < 4.78 is 28.6. The van der Waals surface area contributed by atoms with Gasteiger partial charge < -0.3 is 10.2 Å². The summed E-state index contributed by atoms with van der Waals surface area (Å²) in [5, 5.41) is 21.3. The van der Waals surface area contributed by atoms with Crippen molar-refractivity contribution in [3.05, 3.63) is 100 Å². The van der Waals surface area contributed by atoms with E-state index in [1.54, 1.807) is 48.5 Å². The van der Waals surface area contributed by atoms with E-state index in [1.807, 2.05) is 13.8 Å². The number of hydrogen-bond donors (Lipinski definition) is 2. The zero-order valence-corrected chi connectivity index (χ0v) is 19.5. The van der Waals surface area contributed by atoms with Gasteiger partial charge in [-0.2, -0.15) is 0 Å². The van der Waals surface area contributed by atoms with Crippen LogP contribution >= 0.6 is 11.6 Å². The monoisotopic (exact) mass is 483 g/mol. The molecule has 0 aliphatic carbocycles. The molecule has 33 heavy (non-hydrogen) atoms. The number of benzene rings is 3. The lowest BCUT2D eigenvalue weighted by molar-refractivity contribution is 0.0696. The molecule has 4 aromatic rings. The number of aliphatic hydroxyl groups is 1. The summed E-state index contributed by atoms with van der Waals surface area (Å²) in [6.07, 6.45) is -1.32. The minimum Gasteiger partial charge on any atom is -0.478 e. The second-order valence-electron chi connectivity index (χ2n) is 8.10. The van der Waals surface area contributed by atoms with Crippen molar-refractivity contribution in [3.8, 4) is 0 Å². The van der Waals surface area contributed by atoms with Crippen LogP contribution in [0.3, 0.4) is 0 Å². The first-order chi connectivity index (χ1) is 15.6. The quantitative estimate of drug-likeness (QED) is 0.381. The fourth-order valence-electron chi connectivity index (χ4n) is 3.75. The van der Waals surface area contributed by atoms with Crippen LogP contribution in [-0.4, -0.2) is 28.6 Å². The molecule has 0 fully saturated rings. The fraction of sp³-hybridized carbons (Fsp3) is 0.160. The van der Waals surface area contributed by atoms with Gasteiger partial charge in [-0.1, -0.05) is 49.7 Å². The first kappa shape index (κ1) is 23.0. The molecule has 1 unspecified atom stereocenters. The minimum atomic E-state index is -4.06. The number of aromatic nitrogens is 1. The molecule has 0 bridgehead atoms. The highest BCUT2D eigenvalue weighted by molar-refractivity contribution is 7.90. The van der Waals surface area contributed by atoms with Crippen LogP contribution in [0, 0.1) is 0 Å². The number of aliphatic hydroxyl groups excluding tert-OH is 1. The summed E-state index contributed by atoms with van der Waals surface area (Å²) in [6.45, 7) is 4.05. The average molecular weight is 484 g/mol. The van der Waals surface area contributed by atoms with Crippen LogP contribution in [0.25, 0.3) is 10.9 Å². The van der Waals surface area contributed by atoms with Gasteiger partial charge in [0.15, 0.2) is 0 Å². The van der Waals surface area contributed by atoms with Gasteiger partial charge in [0, 0.05) is 10.4 Å². The van der Waals surface area contributed by atoms with E-state index in [-0.39, 0.29) is 22.1 Å². The molecule has 3 aromatic carbocycles. The van der Waals surface area contributed by atoms with Gasteiger partial charge in [-0.15, -0.1) is 0 Å². The molecule has 2 N–H and O–H groups in total. The van der Waals surface area contributed by atoms with Crippen molar-refractivity contribution in [1.29, 1.82) is 0 Å². The zero-order valence-electron chi connectivity index (χ0n) is 17.9. The highest BCUT2D eigenvalue weighted by Crippen LogP contribution is 2.34. The van der Waals surface area contributed by atoms with Crippen molar-refractivity contribution in [2.24, 2.45) is 0 Å². The summed E-state index contributed by atoms with van der Waals surface area (Å²) in [5.74, 6) is -0.838. The predicted molar refractivity (Wildman–Crippen MR) is 128 cm³/mol. The Hall–Kier alpha value is -3.13. The Morgan fingerprint density at radius 1 is 0.909 bits per heavy atom. The number of nitrogens with zero attached hydrogens (tertiary/aromatic N) is 1. The van der Waals surface area contributed by atoms with E-state index < -0.39 is 22.1 Å². The first-order valence-corrected chi connectivity index (χ1v) is 12.1. The highest BCUT2D eigenvalue weighted by Gasteiger charge is 2.27. The fourth-order valence-corrected chi connectivity index (χ4v) is 5.48. The van der Waals surface area contributed by atoms with Gasteiger partial charge in [0.05, 0.1) is 21.7 Å². The van der Waals surface area contributed by atoms with Gasteiger partial charge in [0.1, 0.15) is 6.10 Å². The molecule has 0 saturated carbocycles. The Labute approximate surface area is 196 Å². The van der Waals surface area contributed by atoms with Crippen molar-refractivity contribution in [2.75, 3.05) is 0 Å². The van der Waals surface area contributed by atoms with E-state index in [2.05, 4.69) is 0 Å². The van der Waals surface area contributed by atoms with E-state index in [4.69, 9.17) is 16.7 Å². The molecule has 0 spiro atoms. The third-order valence-electron chi connectivity index (χ3n) is 5.58. The summed E-state index contributed by atoms with van der Waals surface area (Å²) in [5.41, 5.74) is 1.94. The number of fused-ring (bicyclic) bond motifs is 1. The van der Waals surface area contributed by atoms with Crippen molar-refractivity contribution in [1.82, 2.24) is 3.97 Å². The maximum atomic E-state index is 13.7. The zero-order chi connectivity index (χ0) is 23.9. The van der Waals surface area contributed by atoms with Gasteiger partial charge in [-0.25, -0.2) is 17.2 Å². The maximum Gasteiger partial charge on any atom is 0.335 e. The van der Waals surface area contributed by atoms with E-state index in [0.717, 1.165) is 9.54 Å². The number of hydrogen-bond acceptors (Lipinski definition) is 4. The molecule has 1 heterocycles. The third kappa shape index (κ3) is 4.27. The third-order valence-corrected chi connectivity index (χ3v) is 7.58. The molecule has 8 heteroatoms. The summed E-state index contributed by atoms with van der Waals surface area (Å²) in [7, 11) is -4.06. The molecule has 0 saturated heterocycles. The Morgan fingerprint density at radius 3 is 2.09 bits per heavy atom. The van der Waals surface area contributed by atoms with Crippen molar-refractivity contribution < 1.29 is 23.4 Å². The molecule has 0 radical (unpaired) electrons. The van der Waals surface area contributed by atoms with Gasteiger partial charge in [-0.05, 0) is 65.6 Å². The van der Waals surface area contributed by atoms with Crippen LogP contribution in [0.15, 0.2) is 77.7 Å². The van der Waals surface area contributed by atoms with Gasteiger partial charge in [-0.3, -0.25) is 0 Å². The van der Waals surface area contributed by atoms with Crippen LogP contribution in [0.2, 0.25) is 5.02 Å². The topological polar surface area (TPSA) is 96.6 Å². The number of carboxylic acids is 1. The minimum absolute atomic E-state index is 0.0659. The average Bonchev–Trinajstić information content (AvgIpc) is 3.18. The summed E-state index contributed by atoms with van der Waals surface area (Å²) in [6, 6.07) is 18.7. The normalized spacial score (nSPS) is 12.9. The summed E-state index contributed by atoms with van der Waals surface area (Å²) in [4.78, 5) is 11.2. The lowest BCUT2D eigenvalue weighted by atomic mass is 10.0.